The molecule has 1 saturated heterocycles. The lowest BCUT2D eigenvalue weighted by atomic mass is 10.1. The van der Waals surface area contributed by atoms with Crippen molar-refractivity contribution in [3.05, 3.63) is 29.8 Å². The van der Waals surface area contributed by atoms with Gasteiger partial charge in [-0.1, -0.05) is 12.1 Å². The molecule has 0 spiro atoms. The van der Waals surface area contributed by atoms with Crippen LogP contribution >= 0.6 is 0 Å². The van der Waals surface area contributed by atoms with Crippen LogP contribution in [-0.4, -0.2) is 42.7 Å². The third kappa shape index (κ3) is 4.04. The molecular weight excluding hydrogens is 258 g/mol. The van der Waals surface area contributed by atoms with Gasteiger partial charge in [0.1, 0.15) is 6.04 Å². The largest absolute Gasteiger partial charge is 0.396 e. The van der Waals surface area contributed by atoms with Gasteiger partial charge in [-0.3, -0.25) is 14.9 Å². The normalized spacial score (nSPS) is 18.4. The van der Waals surface area contributed by atoms with E-state index in [1.54, 1.807) is 0 Å². The molecule has 1 aromatic rings. The van der Waals surface area contributed by atoms with Gasteiger partial charge < -0.3 is 15.7 Å². The Bertz CT molecular complexity index is 480. The Hall–Kier alpha value is -1.92. The van der Waals surface area contributed by atoms with Gasteiger partial charge >= 0.3 is 0 Å². The van der Waals surface area contributed by atoms with Crippen molar-refractivity contribution in [2.75, 3.05) is 25.0 Å². The van der Waals surface area contributed by atoms with Crippen LogP contribution < -0.4 is 16.0 Å². The summed E-state index contributed by atoms with van der Waals surface area (Å²) in [6.45, 7) is 0.617. The molecule has 6 nitrogen and oxygen atoms in total. The number of piperazine rings is 1. The highest BCUT2D eigenvalue weighted by molar-refractivity contribution is 5.96. The Kier molecular flexibility index (Phi) is 5.09. The lowest BCUT2D eigenvalue weighted by molar-refractivity contribution is -0.124. The summed E-state index contributed by atoms with van der Waals surface area (Å²) in [5.41, 5.74) is 1.80. The molecule has 0 bridgehead atoms. The van der Waals surface area contributed by atoms with E-state index >= 15 is 0 Å². The SMILES string of the molecule is O=C1CNC(C(=O)Nc2cccc(CCCO)c2)CN1. The van der Waals surface area contributed by atoms with Crippen LogP contribution in [-0.2, 0) is 16.0 Å². The van der Waals surface area contributed by atoms with Crippen LogP contribution in [0.15, 0.2) is 24.3 Å². The molecule has 20 heavy (non-hydrogen) atoms. The number of anilines is 1. The molecule has 108 valence electrons. The molecule has 1 aliphatic heterocycles. The molecule has 1 fully saturated rings. The second-order valence-corrected chi connectivity index (χ2v) is 4.75. The van der Waals surface area contributed by atoms with E-state index < -0.39 is 6.04 Å². The van der Waals surface area contributed by atoms with E-state index in [9.17, 15) is 9.59 Å². The molecule has 6 heteroatoms. The van der Waals surface area contributed by atoms with Crippen LogP contribution in [0.1, 0.15) is 12.0 Å². The summed E-state index contributed by atoms with van der Waals surface area (Å²) in [5.74, 6) is -0.260. The fraction of sp³-hybridized carbons (Fsp3) is 0.429. The van der Waals surface area contributed by atoms with Gasteiger partial charge in [0.25, 0.3) is 0 Å². The number of carbonyl (C=O) groups is 2. The van der Waals surface area contributed by atoms with Gasteiger partial charge in [-0.25, -0.2) is 0 Å². The van der Waals surface area contributed by atoms with Crippen molar-refractivity contribution in [2.45, 2.75) is 18.9 Å². The zero-order chi connectivity index (χ0) is 14.4. The average molecular weight is 277 g/mol. The summed E-state index contributed by atoms with van der Waals surface area (Å²) >= 11 is 0. The molecule has 1 atom stereocenters. The predicted octanol–water partition coefficient (Wildman–Crippen LogP) is -0.362. The standard InChI is InChI=1S/C14H19N3O3/c18-6-2-4-10-3-1-5-11(7-10)17-14(20)12-8-16-13(19)9-15-12/h1,3,5,7,12,15,18H,2,4,6,8-9H2,(H,16,19)(H,17,20). The van der Waals surface area contributed by atoms with Crippen molar-refractivity contribution in [3.8, 4) is 0 Å². The number of aryl methyl sites for hydroxylation is 1. The maximum absolute atomic E-state index is 12.0. The fourth-order valence-electron chi connectivity index (χ4n) is 2.07. The molecule has 1 heterocycles. The molecule has 1 aliphatic rings. The minimum absolute atomic E-state index is 0.0972. The molecule has 1 aromatic carbocycles. The maximum atomic E-state index is 12.0. The maximum Gasteiger partial charge on any atom is 0.243 e. The summed E-state index contributed by atoms with van der Waals surface area (Å²) in [4.78, 5) is 23.0. The van der Waals surface area contributed by atoms with Gasteiger partial charge in [0, 0.05) is 18.8 Å². The number of benzene rings is 1. The second-order valence-electron chi connectivity index (χ2n) is 4.75. The lowest BCUT2D eigenvalue weighted by Crippen LogP contribution is -2.56. The minimum Gasteiger partial charge on any atom is -0.396 e. The molecular formula is C14H19N3O3. The van der Waals surface area contributed by atoms with E-state index in [2.05, 4.69) is 16.0 Å². The number of hydrogen-bond acceptors (Lipinski definition) is 4. The lowest BCUT2D eigenvalue weighted by Gasteiger charge is -2.23. The number of carbonyl (C=O) groups excluding carboxylic acids is 2. The summed E-state index contributed by atoms with van der Waals surface area (Å²) in [7, 11) is 0. The van der Waals surface area contributed by atoms with Crippen molar-refractivity contribution < 1.29 is 14.7 Å². The first-order valence-electron chi connectivity index (χ1n) is 6.70. The van der Waals surface area contributed by atoms with Crippen LogP contribution in [0, 0.1) is 0 Å². The molecule has 0 aliphatic carbocycles. The summed E-state index contributed by atoms with van der Waals surface area (Å²) in [6, 6.07) is 7.15. The van der Waals surface area contributed by atoms with Crippen LogP contribution in [0.2, 0.25) is 0 Å². The van der Waals surface area contributed by atoms with Gasteiger partial charge in [0.15, 0.2) is 0 Å². The van der Waals surface area contributed by atoms with Crippen LogP contribution in [0.25, 0.3) is 0 Å². The molecule has 0 radical (unpaired) electrons. The first kappa shape index (κ1) is 14.5. The van der Waals surface area contributed by atoms with E-state index in [1.807, 2.05) is 24.3 Å². The Labute approximate surface area is 117 Å². The number of aliphatic hydroxyl groups excluding tert-OH is 1. The highest BCUT2D eigenvalue weighted by Crippen LogP contribution is 2.12. The van der Waals surface area contributed by atoms with Crippen LogP contribution in [0.3, 0.4) is 0 Å². The Balaban J connectivity index is 1.92. The van der Waals surface area contributed by atoms with Gasteiger partial charge in [-0.15, -0.1) is 0 Å². The number of amides is 2. The quantitative estimate of drug-likeness (QED) is 0.591. The number of aliphatic hydroxyl groups is 1. The zero-order valence-corrected chi connectivity index (χ0v) is 11.2. The molecule has 0 aromatic heterocycles. The van der Waals surface area contributed by atoms with Gasteiger partial charge in [-0.05, 0) is 30.5 Å². The molecule has 1 unspecified atom stereocenters. The van der Waals surface area contributed by atoms with E-state index in [4.69, 9.17) is 5.11 Å². The first-order valence-corrected chi connectivity index (χ1v) is 6.70. The summed E-state index contributed by atoms with van der Waals surface area (Å²) < 4.78 is 0. The molecule has 2 rings (SSSR count). The van der Waals surface area contributed by atoms with Crippen molar-refractivity contribution in [2.24, 2.45) is 0 Å². The van der Waals surface area contributed by atoms with Gasteiger partial charge in [0.2, 0.25) is 11.8 Å². The highest BCUT2D eigenvalue weighted by Gasteiger charge is 2.23. The number of nitrogens with one attached hydrogen (secondary N) is 3. The van der Waals surface area contributed by atoms with Crippen molar-refractivity contribution in [1.29, 1.82) is 0 Å². The number of rotatable bonds is 5. The monoisotopic (exact) mass is 277 g/mol. The molecule has 2 amide bonds. The highest BCUT2D eigenvalue weighted by atomic mass is 16.3. The zero-order valence-electron chi connectivity index (χ0n) is 11.2. The van der Waals surface area contributed by atoms with Crippen molar-refractivity contribution in [1.82, 2.24) is 10.6 Å². The average Bonchev–Trinajstić information content (AvgIpc) is 2.46. The van der Waals surface area contributed by atoms with Gasteiger partial charge in [0.05, 0.1) is 6.54 Å². The Morgan fingerprint density at radius 3 is 3.00 bits per heavy atom. The van der Waals surface area contributed by atoms with Crippen molar-refractivity contribution in [3.63, 3.8) is 0 Å². The molecule has 0 saturated carbocycles. The smallest absolute Gasteiger partial charge is 0.243 e. The van der Waals surface area contributed by atoms with E-state index in [0.717, 1.165) is 17.7 Å². The second kappa shape index (κ2) is 7.02. The third-order valence-electron chi connectivity index (χ3n) is 3.15. The summed E-state index contributed by atoms with van der Waals surface area (Å²) in [6.07, 6.45) is 1.48. The van der Waals surface area contributed by atoms with E-state index in [0.29, 0.717) is 13.0 Å². The third-order valence-corrected chi connectivity index (χ3v) is 3.15. The Morgan fingerprint density at radius 1 is 1.45 bits per heavy atom. The predicted molar refractivity (Wildman–Crippen MR) is 75.3 cm³/mol. The van der Waals surface area contributed by atoms with Gasteiger partial charge in [-0.2, -0.15) is 0 Å². The van der Waals surface area contributed by atoms with E-state index in [-0.39, 0.29) is 25.0 Å². The first-order chi connectivity index (χ1) is 9.69. The number of hydrogen-bond donors (Lipinski definition) is 4. The van der Waals surface area contributed by atoms with Crippen LogP contribution in [0.4, 0.5) is 5.69 Å². The fourth-order valence-corrected chi connectivity index (χ4v) is 2.07. The van der Waals surface area contributed by atoms with E-state index in [1.165, 1.54) is 0 Å². The van der Waals surface area contributed by atoms with Crippen molar-refractivity contribution >= 4 is 17.5 Å². The molecule has 4 N–H and O–H groups in total. The van der Waals surface area contributed by atoms with Crippen LogP contribution in [0.5, 0.6) is 0 Å². The summed E-state index contributed by atoms with van der Waals surface area (Å²) in [5, 5.41) is 17.2. The topological polar surface area (TPSA) is 90.5 Å². The Morgan fingerprint density at radius 2 is 2.30 bits per heavy atom. The minimum atomic E-state index is -0.409.